The standard InChI is InChI=1S/C19H19N5O2/c1-13-16(9-6-10-17(13)24-12-11-20-23-24)22-18(25)14(2)21-19(26)15-7-4-3-5-8-15/h3-12,14H,1-2H3,(H,21,26)(H,22,25). The summed E-state index contributed by atoms with van der Waals surface area (Å²) in [5, 5.41) is 13.3. The number of carbonyl (C=O) groups is 2. The van der Waals surface area contributed by atoms with E-state index in [1.807, 2.05) is 25.1 Å². The number of hydrogen-bond acceptors (Lipinski definition) is 4. The molecule has 0 bridgehead atoms. The first-order chi connectivity index (χ1) is 12.6. The number of nitrogens with zero attached hydrogens (tertiary/aromatic N) is 3. The lowest BCUT2D eigenvalue weighted by molar-refractivity contribution is -0.117. The second kappa shape index (κ2) is 7.60. The molecule has 0 saturated carbocycles. The van der Waals surface area contributed by atoms with Crippen LogP contribution in [0.15, 0.2) is 60.9 Å². The molecule has 2 N–H and O–H groups in total. The van der Waals surface area contributed by atoms with Gasteiger partial charge in [-0.25, -0.2) is 4.68 Å². The van der Waals surface area contributed by atoms with Gasteiger partial charge in [-0.15, -0.1) is 5.10 Å². The van der Waals surface area contributed by atoms with Crippen LogP contribution in [0.2, 0.25) is 0 Å². The Morgan fingerprint density at radius 3 is 2.54 bits per heavy atom. The van der Waals surface area contributed by atoms with Gasteiger partial charge in [0.1, 0.15) is 6.04 Å². The number of aromatic nitrogens is 3. The third-order valence-electron chi connectivity index (χ3n) is 4.01. The van der Waals surface area contributed by atoms with Crippen molar-refractivity contribution >= 4 is 17.5 Å². The van der Waals surface area contributed by atoms with Crippen LogP contribution in [-0.4, -0.2) is 32.9 Å². The quantitative estimate of drug-likeness (QED) is 0.740. The first kappa shape index (κ1) is 17.3. The van der Waals surface area contributed by atoms with Gasteiger partial charge in [-0.05, 0) is 43.7 Å². The van der Waals surface area contributed by atoms with E-state index in [4.69, 9.17) is 0 Å². The molecule has 0 aliphatic carbocycles. The number of nitrogens with one attached hydrogen (secondary N) is 2. The van der Waals surface area contributed by atoms with Crippen LogP contribution in [0.25, 0.3) is 5.69 Å². The van der Waals surface area contributed by atoms with Gasteiger partial charge in [-0.3, -0.25) is 9.59 Å². The fraction of sp³-hybridized carbons (Fsp3) is 0.158. The van der Waals surface area contributed by atoms with Crippen molar-refractivity contribution in [2.24, 2.45) is 0 Å². The average Bonchev–Trinajstić information content (AvgIpc) is 3.18. The summed E-state index contributed by atoms with van der Waals surface area (Å²) in [6.07, 6.45) is 3.32. The summed E-state index contributed by atoms with van der Waals surface area (Å²) in [6.45, 7) is 3.53. The van der Waals surface area contributed by atoms with Crippen LogP contribution in [0.1, 0.15) is 22.8 Å². The third-order valence-corrected chi connectivity index (χ3v) is 4.01. The minimum atomic E-state index is -0.683. The van der Waals surface area contributed by atoms with Crippen LogP contribution in [0.3, 0.4) is 0 Å². The van der Waals surface area contributed by atoms with Crippen LogP contribution in [0, 0.1) is 6.92 Å². The maximum absolute atomic E-state index is 12.5. The summed E-state index contributed by atoms with van der Waals surface area (Å²) in [6, 6.07) is 13.6. The van der Waals surface area contributed by atoms with E-state index in [0.717, 1.165) is 11.3 Å². The summed E-state index contributed by atoms with van der Waals surface area (Å²) in [7, 11) is 0. The van der Waals surface area contributed by atoms with E-state index >= 15 is 0 Å². The molecule has 132 valence electrons. The van der Waals surface area contributed by atoms with Gasteiger partial charge in [-0.1, -0.05) is 29.5 Å². The lowest BCUT2D eigenvalue weighted by Gasteiger charge is -2.16. The van der Waals surface area contributed by atoms with Gasteiger partial charge in [0.2, 0.25) is 5.91 Å². The zero-order valence-electron chi connectivity index (χ0n) is 14.5. The van der Waals surface area contributed by atoms with Crippen LogP contribution in [-0.2, 0) is 4.79 Å². The molecule has 0 saturated heterocycles. The van der Waals surface area contributed by atoms with E-state index in [1.165, 1.54) is 0 Å². The molecule has 3 rings (SSSR count). The minimum absolute atomic E-state index is 0.290. The Kier molecular flexibility index (Phi) is 5.07. The summed E-state index contributed by atoms with van der Waals surface area (Å²) in [5.41, 5.74) is 2.84. The van der Waals surface area contributed by atoms with Gasteiger partial charge >= 0.3 is 0 Å². The van der Waals surface area contributed by atoms with E-state index in [9.17, 15) is 9.59 Å². The largest absolute Gasteiger partial charge is 0.341 e. The molecule has 0 radical (unpaired) electrons. The number of carbonyl (C=O) groups excluding carboxylic acids is 2. The Morgan fingerprint density at radius 1 is 1.08 bits per heavy atom. The highest BCUT2D eigenvalue weighted by Crippen LogP contribution is 2.21. The van der Waals surface area contributed by atoms with Gasteiger partial charge in [0.25, 0.3) is 5.91 Å². The molecule has 0 aliphatic heterocycles. The highest BCUT2D eigenvalue weighted by atomic mass is 16.2. The predicted molar refractivity (Wildman–Crippen MR) is 98.1 cm³/mol. The molecular weight excluding hydrogens is 330 g/mol. The second-order valence-electron chi connectivity index (χ2n) is 5.85. The molecule has 7 heteroatoms. The molecule has 0 fully saturated rings. The van der Waals surface area contributed by atoms with Gasteiger partial charge in [-0.2, -0.15) is 0 Å². The molecule has 1 unspecified atom stereocenters. The molecule has 26 heavy (non-hydrogen) atoms. The van der Waals surface area contributed by atoms with Crippen molar-refractivity contribution in [2.75, 3.05) is 5.32 Å². The summed E-state index contributed by atoms with van der Waals surface area (Å²) < 4.78 is 1.63. The maximum atomic E-state index is 12.5. The Labute approximate surface area is 151 Å². The second-order valence-corrected chi connectivity index (χ2v) is 5.85. The zero-order valence-corrected chi connectivity index (χ0v) is 14.5. The van der Waals surface area contributed by atoms with E-state index in [2.05, 4.69) is 20.9 Å². The molecule has 1 aromatic heterocycles. The molecule has 2 aromatic carbocycles. The first-order valence-corrected chi connectivity index (χ1v) is 8.19. The van der Waals surface area contributed by atoms with E-state index in [-0.39, 0.29) is 11.8 Å². The Balaban J connectivity index is 1.70. The monoisotopic (exact) mass is 349 g/mol. The number of benzene rings is 2. The molecule has 7 nitrogen and oxygen atoms in total. The third kappa shape index (κ3) is 3.77. The molecule has 2 amide bonds. The first-order valence-electron chi connectivity index (χ1n) is 8.19. The molecule has 1 atom stereocenters. The average molecular weight is 349 g/mol. The molecule has 1 heterocycles. The topological polar surface area (TPSA) is 88.9 Å². The predicted octanol–water partition coefficient (Wildman–Crippen LogP) is 2.33. The van der Waals surface area contributed by atoms with Crippen LogP contribution >= 0.6 is 0 Å². The molecule has 0 aliphatic rings. The number of rotatable bonds is 5. The van der Waals surface area contributed by atoms with E-state index in [1.54, 1.807) is 54.3 Å². The van der Waals surface area contributed by atoms with Gasteiger partial charge in [0, 0.05) is 11.3 Å². The summed E-state index contributed by atoms with van der Waals surface area (Å²) >= 11 is 0. The van der Waals surface area contributed by atoms with Crippen molar-refractivity contribution in [3.8, 4) is 5.69 Å². The number of amides is 2. The Bertz CT molecular complexity index is 907. The van der Waals surface area contributed by atoms with Crippen LogP contribution in [0.5, 0.6) is 0 Å². The van der Waals surface area contributed by atoms with E-state index in [0.29, 0.717) is 11.3 Å². The van der Waals surface area contributed by atoms with Crippen molar-refractivity contribution in [1.29, 1.82) is 0 Å². The molecule has 0 spiro atoms. The minimum Gasteiger partial charge on any atom is -0.341 e. The van der Waals surface area contributed by atoms with Gasteiger partial charge in [0.05, 0.1) is 18.1 Å². The van der Waals surface area contributed by atoms with Crippen molar-refractivity contribution in [3.05, 3.63) is 72.1 Å². The zero-order chi connectivity index (χ0) is 18.5. The summed E-state index contributed by atoms with van der Waals surface area (Å²) in [4.78, 5) is 24.6. The maximum Gasteiger partial charge on any atom is 0.251 e. The lowest BCUT2D eigenvalue weighted by Crippen LogP contribution is -2.41. The van der Waals surface area contributed by atoms with Crippen molar-refractivity contribution in [3.63, 3.8) is 0 Å². The molecular formula is C19H19N5O2. The van der Waals surface area contributed by atoms with Crippen molar-refractivity contribution in [2.45, 2.75) is 19.9 Å². The highest BCUT2D eigenvalue weighted by molar-refractivity contribution is 6.01. The lowest BCUT2D eigenvalue weighted by atomic mass is 10.1. The van der Waals surface area contributed by atoms with Crippen molar-refractivity contribution in [1.82, 2.24) is 20.3 Å². The fourth-order valence-corrected chi connectivity index (χ4v) is 2.52. The molecule has 3 aromatic rings. The number of hydrogen-bond donors (Lipinski definition) is 2. The normalized spacial score (nSPS) is 11.6. The SMILES string of the molecule is Cc1c(NC(=O)C(C)NC(=O)c2ccccc2)cccc1-n1ccnn1. The van der Waals surface area contributed by atoms with Gasteiger partial charge in [0.15, 0.2) is 0 Å². The Morgan fingerprint density at radius 2 is 1.85 bits per heavy atom. The highest BCUT2D eigenvalue weighted by Gasteiger charge is 2.18. The van der Waals surface area contributed by atoms with Gasteiger partial charge < -0.3 is 10.6 Å². The fourth-order valence-electron chi connectivity index (χ4n) is 2.52. The number of anilines is 1. The Hall–Kier alpha value is -3.48. The van der Waals surface area contributed by atoms with Crippen LogP contribution in [0.4, 0.5) is 5.69 Å². The smallest absolute Gasteiger partial charge is 0.251 e. The van der Waals surface area contributed by atoms with Crippen molar-refractivity contribution < 1.29 is 9.59 Å². The summed E-state index contributed by atoms with van der Waals surface area (Å²) in [5.74, 6) is -0.588. The van der Waals surface area contributed by atoms with Crippen LogP contribution < -0.4 is 10.6 Å². The van der Waals surface area contributed by atoms with E-state index < -0.39 is 6.04 Å².